The summed E-state index contributed by atoms with van der Waals surface area (Å²) in [7, 11) is 0. The lowest BCUT2D eigenvalue weighted by Crippen LogP contribution is -2.23. The first-order valence-electron chi connectivity index (χ1n) is 8.37. The summed E-state index contributed by atoms with van der Waals surface area (Å²) in [6, 6.07) is 13.7. The van der Waals surface area contributed by atoms with E-state index in [1.807, 2.05) is 26.0 Å². The van der Waals surface area contributed by atoms with Crippen molar-refractivity contribution >= 4 is 12.0 Å². The van der Waals surface area contributed by atoms with Crippen LogP contribution in [0.1, 0.15) is 22.7 Å². The van der Waals surface area contributed by atoms with Gasteiger partial charge >= 0.3 is 0 Å². The molecule has 0 aliphatic carbocycles. The van der Waals surface area contributed by atoms with E-state index in [1.165, 1.54) is 18.4 Å². The van der Waals surface area contributed by atoms with Gasteiger partial charge in [0.15, 0.2) is 0 Å². The van der Waals surface area contributed by atoms with Gasteiger partial charge in [-0.05, 0) is 55.8 Å². The third-order valence-corrected chi connectivity index (χ3v) is 4.23. The Balaban J connectivity index is 1.89. The number of nitrogens with one attached hydrogen (secondary N) is 1. The summed E-state index contributed by atoms with van der Waals surface area (Å²) >= 11 is 0. The van der Waals surface area contributed by atoms with Crippen LogP contribution in [0.15, 0.2) is 58.7 Å². The number of halogens is 1. The van der Waals surface area contributed by atoms with Crippen LogP contribution in [0.4, 0.5) is 4.39 Å². The highest BCUT2D eigenvalue weighted by Gasteiger charge is 2.15. The zero-order valence-electron chi connectivity index (χ0n) is 15.0. The van der Waals surface area contributed by atoms with Crippen LogP contribution in [0.5, 0.6) is 0 Å². The van der Waals surface area contributed by atoms with Crippen LogP contribution in [0.2, 0.25) is 0 Å². The number of aryl methyl sites for hydroxylation is 1. The Hall–Kier alpha value is -3.59. The van der Waals surface area contributed by atoms with Gasteiger partial charge < -0.3 is 14.3 Å². The van der Waals surface area contributed by atoms with Crippen LogP contribution in [-0.2, 0) is 11.3 Å². The minimum atomic E-state index is -0.496. The molecule has 0 saturated heterocycles. The number of furan rings is 1. The lowest BCUT2D eigenvalue weighted by atomic mass is 10.1. The number of carbonyl (C=O) groups excluding carboxylic acids is 1. The van der Waals surface area contributed by atoms with Gasteiger partial charge in [0.2, 0.25) is 0 Å². The van der Waals surface area contributed by atoms with Gasteiger partial charge in [0.1, 0.15) is 23.2 Å². The van der Waals surface area contributed by atoms with Crippen LogP contribution in [-0.4, -0.2) is 10.5 Å². The van der Waals surface area contributed by atoms with Gasteiger partial charge in [0.05, 0.1) is 18.5 Å². The highest BCUT2D eigenvalue weighted by Crippen LogP contribution is 2.24. The van der Waals surface area contributed by atoms with E-state index in [0.29, 0.717) is 17.0 Å². The molecule has 0 saturated carbocycles. The number of para-hydroxylation sites is 1. The maximum atomic E-state index is 14.2. The standard InChI is InChI=1S/C21H18FN3O2/c1-14-10-16(15(2)25(14)20-8-4-3-7-19(20)22)11-17(12-23)21(26)24-13-18-6-5-9-27-18/h3-11H,13H2,1-2H3,(H,24,26). The minimum absolute atomic E-state index is 0.0321. The largest absolute Gasteiger partial charge is 0.467 e. The zero-order chi connectivity index (χ0) is 19.4. The van der Waals surface area contributed by atoms with Gasteiger partial charge in [-0.2, -0.15) is 5.26 Å². The van der Waals surface area contributed by atoms with Gasteiger partial charge in [-0.3, -0.25) is 4.79 Å². The van der Waals surface area contributed by atoms with Crippen LogP contribution < -0.4 is 5.32 Å². The van der Waals surface area contributed by atoms with Crippen molar-refractivity contribution in [1.82, 2.24) is 9.88 Å². The van der Waals surface area contributed by atoms with Crippen molar-refractivity contribution in [2.24, 2.45) is 0 Å². The Labute approximate surface area is 156 Å². The second kappa shape index (κ2) is 7.75. The molecule has 3 aromatic rings. The molecule has 3 rings (SSSR count). The van der Waals surface area contributed by atoms with Gasteiger partial charge in [-0.25, -0.2) is 4.39 Å². The molecular formula is C21H18FN3O2. The van der Waals surface area contributed by atoms with Crippen molar-refractivity contribution in [1.29, 1.82) is 5.26 Å². The summed E-state index contributed by atoms with van der Waals surface area (Å²) in [6.07, 6.45) is 3.03. The van der Waals surface area contributed by atoms with Crippen LogP contribution in [0, 0.1) is 31.0 Å². The van der Waals surface area contributed by atoms with Crippen molar-refractivity contribution in [3.8, 4) is 11.8 Å². The molecule has 0 unspecified atom stereocenters. The van der Waals surface area contributed by atoms with E-state index in [9.17, 15) is 14.4 Å². The van der Waals surface area contributed by atoms with E-state index in [-0.39, 0.29) is 17.9 Å². The topological polar surface area (TPSA) is 71.0 Å². The van der Waals surface area contributed by atoms with Crippen molar-refractivity contribution in [3.05, 3.63) is 82.8 Å². The number of hydrogen-bond acceptors (Lipinski definition) is 3. The van der Waals surface area contributed by atoms with E-state index < -0.39 is 5.91 Å². The van der Waals surface area contributed by atoms with Crippen LogP contribution in [0.3, 0.4) is 0 Å². The van der Waals surface area contributed by atoms with E-state index in [4.69, 9.17) is 4.42 Å². The first-order valence-corrected chi connectivity index (χ1v) is 8.37. The van der Waals surface area contributed by atoms with Gasteiger partial charge in [0.25, 0.3) is 5.91 Å². The molecule has 2 aromatic heterocycles. The summed E-state index contributed by atoms with van der Waals surface area (Å²) in [5.41, 5.74) is 2.62. The maximum Gasteiger partial charge on any atom is 0.262 e. The summed E-state index contributed by atoms with van der Waals surface area (Å²) in [5, 5.41) is 12.0. The van der Waals surface area contributed by atoms with Crippen LogP contribution in [0.25, 0.3) is 11.8 Å². The molecule has 1 aromatic carbocycles. The Kier molecular flexibility index (Phi) is 5.23. The fourth-order valence-electron chi connectivity index (χ4n) is 2.92. The van der Waals surface area contributed by atoms with Gasteiger partial charge in [-0.1, -0.05) is 12.1 Å². The number of nitrogens with zero attached hydrogens (tertiary/aromatic N) is 2. The third kappa shape index (κ3) is 3.82. The van der Waals surface area contributed by atoms with Crippen LogP contribution >= 0.6 is 0 Å². The molecule has 5 nitrogen and oxygen atoms in total. The van der Waals surface area contributed by atoms with Crippen molar-refractivity contribution in [3.63, 3.8) is 0 Å². The summed E-state index contributed by atoms with van der Waals surface area (Å²) < 4.78 is 21.1. The van der Waals surface area contributed by atoms with E-state index in [1.54, 1.807) is 34.9 Å². The summed E-state index contributed by atoms with van der Waals surface area (Å²) in [5.74, 6) is -0.241. The third-order valence-electron chi connectivity index (χ3n) is 4.23. The fraction of sp³-hybridized carbons (Fsp3) is 0.143. The molecule has 0 radical (unpaired) electrons. The second-order valence-electron chi connectivity index (χ2n) is 6.05. The predicted octanol–water partition coefficient (Wildman–Crippen LogP) is 4.05. The van der Waals surface area contributed by atoms with Crippen molar-refractivity contribution in [2.75, 3.05) is 0 Å². The highest BCUT2D eigenvalue weighted by atomic mass is 19.1. The monoisotopic (exact) mass is 363 g/mol. The van der Waals surface area contributed by atoms with Crippen molar-refractivity contribution in [2.45, 2.75) is 20.4 Å². The predicted molar refractivity (Wildman–Crippen MR) is 99.3 cm³/mol. The number of aromatic nitrogens is 1. The highest BCUT2D eigenvalue weighted by molar-refractivity contribution is 6.01. The Morgan fingerprint density at radius 2 is 2.07 bits per heavy atom. The second-order valence-corrected chi connectivity index (χ2v) is 6.05. The maximum absolute atomic E-state index is 14.2. The zero-order valence-corrected chi connectivity index (χ0v) is 15.0. The number of amides is 1. The first-order chi connectivity index (χ1) is 13.0. The molecule has 0 atom stereocenters. The molecule has 0 fully saturated rings. The molecule has 1 amide bonds. The SMILES string of the molecule is Cc1cc(C=C(C#N)C(=O)NCc2ccco2)c(C)n1-c1ccccc1F. The molecule has 0 aliphatic heterocycles. The lowest BCUT2D eigenvalue weighted by Gasteiger charge is -2.10. The first kappa shape index (κ1) is 18.2. The van der Waals surface area contributed by atoms with E-state index >= 15 is 0 Å². The minimum Gasteiger partial charge on any atom is -0.467 e. The quantitative estimate of drug-likeness (QED) is 0.549. The molecule has 1 N–H and O–H groups in total. The molecule has 27 heavy (non-hydrogen) atoms. The molecule has 6 heteroatoms. The fourth-order valence-corrected chi connectivity index (χ4v) is 2.92. The van der Waals surface area contributed by atoms with E-state index in [0.717, 1.165) is 11.4 Å². The molecule has 2 heterocycles. The summed E-state index contributed by atoms with van der Waals surface area (Å²) in [4.78, 5) is 12.3. The molecule has 0 bridgehead atoms. The molecular weight excluding hydrogens is 345 g/mol. The van der Waals surface area contributed by atoms with Gasteiger partial charge in [0, 0.05) is 11.4 Å². The lowest BCUT2D eigenvalue weighted by molar-refractivity contribution is -0.117. The van der Waals surface area contributed by atoms with E-state index in [2.05, 4.69) is 5.32 Å². The molecule has 136 valence electrons. The molecule has 0 spiro atoms. The summed E-state index contributed by atoms with van der Waals surface area (Å²) in [6.45, 7) is 3.86. The smallest absolute Gasteiger partial charge is 0.262 e. The number of carbonyl (C=O) groups is 1. The number of rotatable bonds is 5. The van der Waals surface area contributed by atoms with Gasteiger partial charge in [-0.15, -0.1) is 0 Å². The number of hydrogen-bond donors (Lipinski definition) is 1. The Morgan fingerprint density at radius 1 is 1.30 bits per heavy atom. The average molecular weight is 363 g/mol. The normalized spacial score (nSPS) is 11.3. The number of benzene rings is 1. The Morgan fingerprint density at radius 3 is 2.74 bits per heavy atom. The average Bonchev–Trinajstić information content (AvgIpc) is 3.27. The van der Waals surface area contributed by atoms with Crippen molar-refractivity contribution < 1.29 is 13.6 Å². The Bertz CT molecular complexity index is 1040. The number of nitriles is 1. The molecule has 0 aliphatic rings.